The fourth-order valence-corrected chi connectivity index (χ4v) is 3.71. The molecular weight excluding hydrogens is 447 g/mol. The first-order chi connectivity index (χ1) is 14.3. The fraction of sp³-hybridized carbons (Fsp3) is 0.0435. The van der Waals surface area contributed by atoms with Crippen molar-refractivity contribution in [2.45, 2.75) is 6.92 Å². The summed E-state index contributed by atoms with van der Waals surface area (Å²) in [6.07, 6.45) is 0. The second-order valence-electron chi connectivity index (χ2n) is 6.58. The van der Waals surface area contributed by atoms with E-state index in [2.05, 4.69) is 0 Å². The minimum absolute atomic E-state index is 0.0575. The van der Waals surface area contributed by atoms with Crippen LogP contribution in [0.4, 0.5) is 0 Å². The molecule has 7 heteroatoms. The van der Waals surface area contributed by atoms with Crippen LogP contribution in [0.15, 0.2) is 69.9 Å². The second-order valence-corrected chi connectivity index (χ2v) is 7.83. The maximum atomic E-state index is 13.2. The number of aryl methyl sites for hydroxylation is 1. The van der Waals surface area contributed by atoms with Crippen LogP contribution in [0.25, 0.3) is 22.3 Å². The Hall–Kier alpha value is -2.79. The van der Waals surface area contributed by atoms with Crippen molar-refractivity contribution in [1.29, 1.82) is 0 Å². The maximum Gasteiger partial charge on any atom is 0.345 e. The van der Waals surface area contributed by atoms with E-state index < -0.39 is 11.4 Å². The summed E-state index contributed by atoms with van der Waals surface area (Å²) >= 11 is 18.3. The molecule has 0 saturated heterocycles. The summed E-state index contributed by atoms with van der Waals surface area (Å²) in [5, 5.41) is 1.09. The smallest absolute Gasteiger partial charge is 0.345 e. The number of benzene rings is 3. The first-order valence-electron chi connectivity index (χ1n) is 8.85. The third kappa shape index (κ3) is 3.82. The SMILES string of the molecule is Cc1ccc2c(=O)c(OC(=O)c3ccc(Cl)cc3Cl)c(-c3ccccc3Cl)oc2c1. The van der Waals surface area contributed by atoms with Gasteiger partial charge in [-0.1, -0.05) is 53.0 Å². The molecule has 4 rings (SSSR count). The van der Waals surface area contributed by atoms with E-state index in [0.717, 1.165) is 5.56 Å². The molecule has 3 aromatic carbocycles. The van der Waals surface area contributed by atoms with Crippen LogP contribution in [0, 0.1) is 6.92 Å². The third-order valence-corrected chi connectivity index (χ3v) is 5.35. The van der Waals surface area contributed by atoms with E-state index in [1.54, 1.807) is 42.5 Å². The predicted octanol–water partition coefficient (Wildman–Crippen LogP) is 6.95. The number of fused-ring (bicyclic) bond motifs is 1. The number of hydrogen-bond acceptors (Lipinski definition) is 4. The van der Waals surface area contributed by atoms with Crippen LogP contribution in [0.3, 0.4) is 0 Å². The van der Waals surface area contributed by atoms with Crippen molar-refractivity contribution in [2.75, 3.05) is 0 Å². The van der Waals surface area contributed by atoms with Gasteiger partial charge >= 0.3 is 5.97 Å². The van der Waals surface area contributed by atoms with Crippen LogP contribution in [-0.4, -0.2) is 5.97 Å². The van der Waals surface area contributed by atoms with Gasteiger partial charge in [-0.05, 0) is 55.0 Å². The lowest BCUT2D eigenvalue weighted by atomic mass is 10.1. The topological polar surface area (TPSA) is 56.5 Å². The van der Waals surface area contributed by atoms with Crippen molar-refractivity contribution in [3.05, 3.63) is 97.1 Å². The molecule has 0 aliphatic carbocycles. The van der Waals surface area contributed by atoms with E-state index in [1.807, 2.05) is 6.92 Å². The first-order valence-corrected chi connectivity index (χ1v) is 9.98. The molecule has 0 N–H and O–H groups in total. The molecule has 0 aliphatic heterocycles. The molecule has 4 aromatic rings. The van der Waals surface area contributed by atoms with Gasteiger partial charge in [-0.15, -0.1) is 0 Å². The third-order valence-electron chi connectivity index (χ3n) is 4.47. The number of carbonyl (C=O) groups excluding carboxylic acids is 1. The van der Waals surface area contributed by atoms with Crippen molar-refractivity contribution in [2.24, 2.45) is 0 Å². The van der Waals surface area contributed by atoms with Gasteiger partial charge in [0.25, 0.3) is 0 Å². The van der Waals surface area contributed by atoms with E-state index >= 15 is 0 Å². The summed E-state index contributed by atoms with van der Waals surface area (Å²) in [6, 6.07) is 16.3. The predicted molar refractivity (Wildman–Crippen MR) is 119 cm³/mol. The van der Waals surface area contributed by atoms with Gasteiger partial charge in [0, 0.05) is 10.6 Å². The summed E-state index contributed by atoms with van der Waals surface area (Å²) in [5.41, 5.74) is 1.26. The van der Waals surface area contributed by atoms with Gasteiger partial charge in [0.15, 0.2) is 5.76 Å². The summed E-state index contributed by atoms with van der Waals surface area (Å²) in [5.74, 6) is -1.03. The number of halogens is 3. The van der Waals surface area contributed by atoms with E-state index in [1.165, 1.54) is 18.2 Å². The molecule has 0 fully saturated rings. The van der Waals surface area contributed by atoms with E-state index in [4.69, 9.17) is 44.0 Å². The molecule has 0 saturated carbocycles. The van der Waals surface area contributed by atoms with Crippen LogP contribution in [0.2, 0.25) is 15.1 Å². The van der Waals surface area contributed by atoms with Crippen LogP contribution in [0.1, 0.15) is 15.9 Å². The number of esters is 1. The second kappa shape index (κ2) is 8.15. The summed E-state index contributed by atoms with van der Waals surface area (Å²) < 4.78 is 11.5. The van der Waals surface area contributed by atoms with Crippen molar-refractivity contribution < 1.29 is 13.9 Å². The molecule has 0 radical (unpaired) electrons. The average Bonchev–Trinajstić information content (AvgIpc) is 2.70. The van der Waals surface area contributed by atoms with Crippen LogP contribution >= 0.6 is 34.8 Å². The van der Waals surface area contributed by atoms with E-state index in [-0.39, 0.29) is 27.5 Å². The lowest BCUT2D eigenvalue weighted by molar-refractivity contribution is 0.0731. The summed E-state index contributed by atoms with van der Waals surface area (Å²) in [7, 11) is 0. The quantitative estimate of drug-likeness (QED) is 0.311. The Morgan fingerprint density at radius 1 is 0.933 bits per heavy atom. The minimum Gasteiger partial charge on any atom is -0.452 e. The van der Waals surface area contributed by atoms with Crippen molar-refractivity contribution >= 4 is 51.7 Å². The molecule has 0 bridgehead atoms. The monoisotopic (exact) mass is 458 g/mol. The number of rotatable bonds is 3. The highest BCUT2D eigenvalue weighted by Crippen LogP contribution is 2.36. The Bertz CT molecular complexity index is 1360. The molecule has 150 valence electrons. The molecule has 0 amide bonds. The highest BCUT2D eigenvalue weighted by molar-refractivity contribution is 6.36. The van der Waals surface area contributed by atoms with Gasteiger partial charge in [-0.2, -0.15) is 0 Å². The zero-order chi connectivity index (χ0) is 21.4. The standard InChI is InChI=1S/C23H13Cl3O4/c1-12-6-8-16-19(10-12)29-21(14-4-2-3-5-17(14)25)22(20(16)27)30-23(28)15-9-7-13(24)11-18(15)26/h2-11H,1H3. The van der Waals surface area contributed by atoms with Gasteiger partial charge in [0.1, 0.15) is 5.58 Å². The zero-order valence-electron chi connectivity index (χ0n) is 15.5. The lowest BCUT2D eigenvalue weighted by Crippen LogP contribution is -2.16. The van der Waals surface area contributed by atoms with Crippen molar-refractivity contribution in [3.8, 4) is 17.1 Å². The minimum atomic E-state index is -0.816. The van der Waals surface area contributed by atoms with E-state index in [0.29, 0.717) is 21.2 Å². The Kier molecular flexibility index (Phi) is 5.56. The average molecular weight is 460 g/mol. The highest BCUT2D eigenvalue weighted by Gasteiger charge is 2.23. The summed E-state index contributed by atoms with van der Waals surface area (Å²) in [6.45, 7) is 1.88. The number of carbonyl (C=O) groups is 1. The molecule has 0 unspecified atom stereocenters. The Morgan fingerprint density at radius 2 is 1.70 bits per heavy atom. The molecular formula is C23H13Cl3O4. The molecule has 4 nitrogen and oxygen atoms in total. The largest absolute Gasteiger partial charge is 0.452 e. The molecule has 1 aromatic heterocycles. The van der Waals surface area contributed by atoms with Gasteiger partial charge < -0.3 is 9.15 Å². The van der Waals surface area contributed by atoms with Crippen LogP contribution in [0.5, 0.6) is 5.75 Å². The molecule has 0 atom stereocenters. The van der Waals surface area contributed by atoms with Crippen LogP contribution < -0.4 is 10.2 Å². The van der Waals surface area contributed by atoms with Gasteiger partial charge in [-0.3, -0.25) is 4.79 Å². The van der Waals surface area contributed by atoms with Crippen LogP contribution in [-0.2, 0) is 0 Å². The summed E-state index contributed by atoms with van der Waals surface area (Å²) in [4.78, 5) is 26.0. The van der Waals surface area contributed by atoms with Gasteiger partial charge in [0.05, 0.1) is 21.0 Å². The van der Waals surface area contributed by atoms with Gasteiger partial charge in [0.2, 0.25) is 11.2 Å². The molecule has 0 aliphatic rings. The lowest BCUT2D eigenvalue weighted by Gasteiger charge is -2.12. The maximum absolute atomic E-state index is 13.2. The first kappa shape index (κ1) is 20.5. The molecule has 30 heavy (non-hydrogen) atoms. The van der Waals surface area contributed by atoms with E-state index in [9.17, 15) is 9.59 Å². The molecule has 0 spiro atoms. The van der Waals surface area contributed by atoms with Crippen molar-refractivity contribution in [3.63, 3.8) is 0 Å². The highest BCUT2D eigenvalue weighted by atomic mass is 35.5. The number of ether oxygens (including phenoxy) is 1. The van der Waals surface area contributed by atoms with Crippen molar-refractivity contribution in [1.82, 2.24) is 0 Å². The fourth-order valence-electron chi connectivity index (χ4n) is 3.00. The Balaban J connectivity index is 1.93. The Morgan fingerprint density at radius 3 is 2.43 bits per heavy atom. The zero-order valence-corrected chi connectivity index (χ0v) is 17.8. The number of hydrogen-bond donors (Lipinski definition) is 0. The normalized spacial score (nSPS) is 10.9. The Labute approximate surface area is 186 Å². The van der Waals surface area contributed by atoms with Gasteiger partial charge in [-0.25, -0.2) is 4.79 Å². The molecule has 1 heterocycles.